The van der Waals surface area contributed by atoms with Crippen LogP contribution in [0.3, 0.4) is 0 Å². The number of aromatic nitrogens is 1. The summed E-state index contributed by atoms with van der Waals surface area (Å²) in [5.41, 5.74) is 0. The van der Waals surface area contributed by atoms with Crippen LogP contribution in [0.5, 0.6) is 0 Å². The molecule has 1 aromatic heterocycles. The smallest absolute Gasteiger partial charge is 0.288 e. The second kappa shape index (κ2) is 10.9. The highest BCUT2D eigenvalue weighted by atomic mass is 15.4. The van der Waals surface area contributed by atoms with Crippen LogP contribution in [0.25, 0.3) is 0 Å². The summed E-state index contributed by atoms with van der Waals surface area (Å²) in [6.07, 6.45) is 22.6. The molecule has 0 unspecified atom stereocenters. The zero-order valence-corrected chi connectivity index (χ0v) is 20.2. The quantitative estimate of drug-likeness (QED) is 0.476. The number of nitrogens with zero attached hydrogens (tertiary/aromatic N) is 3. The number of aliphatic imine (C=N–C) groups is 1. The summed E-state index contributed by atoms with van der Waals surface area (Å²) in [6.45, 7) is 4.70. The summed E-state index contributed by atoms with van der Waals surface area (Å²) in [7, 11) is 0. The SMILES string of the molecule is CCCC[B-]1(CCCC)N(C2CCCCC2)C(=NC2CCCCC2)Nc2cccc[n+]21. The summed E-state index contributed by atoms with van der Waals surface area (Å²) >= 11 is 0. The van der Waals surface area contributed by atoms with Crippen molar-refractivity contribution in [1.82, 2.24) is 4.81 Å². The molecule has 4 nitrogen and oxygen atoms in total. The molecule has 0 radical (unpaired) electrons. The van der Waals surface area contributed by atoms with Crippen LogP contribution in [-0.4, -0.2) is 29.3 Å². The molecule has 1 N–H and O–H groups in total. The fourth-order valence-corrected chi connectivity index (χ4v) is 6.69. The molecule has 0 saturated heterocycles. The molecule has 172 valence electrons. The maximum Gasteiger partial charge on any atom is 0.288 e. The molecule has 1 aromatic rings. The van der Waals surface area contributed by atoms with Gasteiger partial charge in [0.05, 0.1) is 6.04 Å². The second-order valence-electron chi connectivity index (χ2n) is 10.5. The molecule has 1 aliphatic heterocycles. The predicted octanol–water partition coefficient (Wildman–Crippen LogP) is 6.61. The van der Waals surface area contributed by atoms with E-state index in [4.69, 9.17) is 4.99 Å². The predicted molar refractivity (Wildman–Crippen MR) is 134 cm³/mol. The molecule has 2 aliphatic carbocycles. The molecule has 0 spiro atoms. The van der Waals surface area contributed by atoms with E-state index in [-0.39, 0.29) is 0 Å². The maximum absolute atomic E-state index is 5.50. The number of hydrogen-bond acceptors (Lipinski definition) is 1. The monoisotopic (exact) mass is 424 g/mol. The lowest BCUT2D eigenvalue weighted by Crippen LogP contribution is -2.81. The van der Waals surface area contributed by atoms with Gasteiger partial charge in [-0.1, -0.05) is 84.1 Å². The van der Waals surface area contributed by atoms with E-state index in [2.05, 4.69) is 52.8 Å². The number of pyridine rings is 1. The molecule has 0 atom stereocenters. The Labute approximate surface area is 190 Å². The maximum atomic E-state index is 5.50. The number of unbranched alkanes of at least 4 members (excludes halogenated alkanes) is 2. The van der Waals surface area contributed by atoms with Gasteiger partial charge in [0, 0.05) is 12.3 Å². The standard InChI is InChI=1S/C26H45BN4/c1-3-5-20-27(21-6-4-2)30-22-14-13-19-25(30)29-26(28-23-15-9-7-10-16-23)31(27)24-17-11-8-12-18-24/h13-14,19,22-24H,3-12,15-18,20-21H2,1-2H3,(H,28,29). The zero-order chi connectivity index (χ0) is 21.5. The van der Waals surface area contributed by atoms with Crippen LogP contribution in [0.4, 0.5) is 5.82 Å². The Kier molecular flexibility index (Phi) is 7.95. The molecule has 31 heavy (non-hydrogen) atoms. The third kappa shape index (κ3) is 4.96. The summed E-state index contributed by atoms with van der Waals surface area (Å²) in [6, 6.07) is 7.85. The van der Waals surface area contributed by atoms with Crippen molar-refractivity contribution in [1.29, 1.82) is 0 Å². The topological polar surface area (TPSA) is 31.5 Å². The highest BCUT2D eigenvalue weighted by Crippen LogP contribution is 2.35. The lowest BCUT2D eigenvalue weighted by Gasteiger charge is -2.56. The molecule has 3 aliphatic rings. The summed E-state index contributed by atoms with van der Waals surface area (Å²) in [4.78, 5) is 8.38. The van der Waals surface area contributed by atoms with Gasteiger partial charge in [0.2, 0.25) is 5.82 Å². The molecule has 0 bridgehead atoms. The van der Waals surface area contributed by atoms with Crippen LogP contribution in [0.15, 0.2) is 29.4 Å². The van der Waals surface area contributed by atoms with Crippen molar-refractivity contribution < 1.29 is 4.48 Å². The molecule has 2 fully saturated rings. The van der Waals surface area contributed by atoms with E-state index in [1.165, 1.54) is 114 Å². The van der Waals surface area contributed by atoms with Gasteiger partial charge >= 0.3 is 0 Å². The number of anilines is 1. The molecule has 2 saturated carbocycles. The fraction of sp³-hybridized carbons (Fsp3) is 0.769. The van der Waals surface area contributed by atoms with Gasteiger partial charge < -0.3 is 9.29 Å². The normalized spacial score (nSPS) is 23.5. The van der Waals surface area contributed by atoms with Crippen LogP contribution in [0.2, 0.25) is 12.6 Å². The summed E-state index contributed by atoms with van der Waals surface area (Å²) < 4.78 is 2.65. The number of rotatable bonds is 8. The number of nitrogens with one attached hydrogen (secondary N) is 1. The zero-order valence-electron chi connectivity index (χ0n) is 20.2. The number of guanidine groups is 1. The molecule has 2 heterocycles. The van der Waals surface area contributed by atoms with Crippen molar-refractivity contribution in [2.24, 2.45) is 4.99 Å². The van der Waals surface area contributed by atoms with Crippen molar-refractivity contribution in [2.45, 2.75) is 128 Å². The van der Waals surface area contributed by atoms with Crippen LogP contribution in [0.1, 0.15) is 104 Å². The Morgan fingerprint density at radius 3 is 2.23 bits per heavy atom. The van der Waals surface area contributed by atoms with Crippen molar-refractivity contribution >= 4 is 18.2 Å². The highest BCUT2D eigenvalue weighted by molar-refractivity contribution is 6.72. The molecular weight excluding hydrogens is 379 g/mol. The average molecular weight is 424 g/mol. The average Bonchev–Trinajstić information content (AvgIpc) is 2.82. The number of fused-ring (bicyclic) bond motifs is 1. The first-order chi connectivity index (χ1) is 15.3. The van der Waals surface area contributed by atoms with Crippen molar-refractivity contribution in [2.75, 3.05) is 5.32 Å². The Balaban J connectivity index is 1.82. The third-order valence-corrected chi connectivity index (χ3v) is 8.30. The lowest BCUT2D eigenvalue weighted by molar-refractivity contribution is -0.542. The van der Waals surface area contributed by atoms with Gasteiger partial charge in [-0.05, 0) is 37.8 Å². The van der Waals surface area contributed by atoms with Gasteiger partial charge in [-0.15, -0.1) is 12.6 Å². The van der Waals surface area contributed by atoms with E-state index in [1.54, 1.807) is 0 Å². The first-order valence-electron chi connectivity index (χ1n) is 13.6. The van der Waals surface area contributed by atoms with E-state index in [0.717, 1.165) is 0 Å². The minimum absolute atomic E-state index is 0.503. The summed E-state index contributed by atoms with van der Waals surface area (Å²) in [5, 5.41) is 3.85. The molecule has 5 heteroatoms. The second-order valence-corrected chi connectivity index (χ2v) is 10.5. The van der Waals surface area contributed by atoms with Crippen LogP contribution in [0, 0.1) is 0 Å². The molecule has 0 aromatic carbocycles. The molecule has 4 rings (SSSR count). The Morgan fingerprint density at radius 2 is 1.58 bits per heavy atom. The van der Waals surface area contributed by atoms with E-state index >= 15 is 0 Å². The Bertz CT molecular complexity index is 714. The van der Waals surface area contributed by atoms with Crippen LogP contribution >= 0.6 is 0 Å². The Morgan fingerprint density at radius 1 is 0.935 bits per heavy atom. The number of hydrogen-bond donors (Lipinski definition) is 1. The van der Waals surface area contributed by atoms with Gasteiger partial charge in [0.1, 0.15) is 0 Å². The van der Waals surface area contributed by atoms with E-state index in [9.17, 15) is 0 Å². The van der Waals surface area contributed by atoms with Crippen molar-refractivity contribution in [3.63, 3.8) is 0 Å². The van der Waals surface area contributed by atoms with E-state index in [0.29, 0.717) is 12.1 Å². The van der Waals surface area contributed by atoms with E-state index in [1.807, 2.05) is 0 Å². The summed E-state index contributed by atoms with van der Waals surface area (Å²) in [5.74, 6) is 2.48. The minimum atomic E-state index is -0.869. The van der Waals surface area contributed by atoms with Gasteiger partial charge in [0.15, 0.2) is 0 Å². The fourth-order valence-electron chi connectivity index (χ4n) is 6.69. The van der Waals surface area contributed by atoms with Gasteiger partial charge in [-0.3, -0.25) is 0 Å². The van der Waals surface area contributed by atoms with Gasteiger partial charge in [-0.25, -0.2) is 10.3 Å². The molecule has 0 amide bonds. The van der Waals surface area contributed by atoms with Crippen molar-refractivity contribution in [3.05, 3.63) is 24.4 Å². The first-order valence-corrected chi connectivity index (χ1v) is 13.6. The highest BCUT2D eigenvalue weighted by Gasteiger charge is 2.48. The largest absolute Gasteiger partial charge is 0.454 e. The third-order valence-electron chi connectivity index (χ3n) is 8.30. The minimum Gasteiger partial charge on any atom is -0.454 e. The Hall–Kier alpha value is -1.52. The molecular formula is C26H45BN4. The van der Waals surface area contributed by atoms with Crippen LogP contribution < -0.4 is 9.79 Å². The van der Waals surface area contributed by atoms with Gasteiger partial charge in [-0.2, -0.15) is 0 Å². The van der Waals surface area contributed by atoms with Crippen molar-refractivity contribution in [3.8, 4) is 0 Å². The van der Waals surface area contributed by atoms with Crippen LogP contribution in [-0.2, 0) is 0 Å². The van der Waals surface area contributed by atoms with Gasteiger partial charge in [0.25, 0.3) is 12.4 Å². The van der Waals surface area contributed by atoms with E-state index < -0.39 is 6.42 Å². The lowest BCUT2D eigenvalue weighted by atomic mass is 9.37. The first kappa shape index (κ1) is 22.7.